The molecule has 0 amide bonds. The lowest BCUT2D eigenvalue weighted by Crippen LogP contribution is -2.49. The van der Waals surface area contributed by atoms with Crippen molar-refractivity contribution in [2.75, 3.05) is 6.54 Å². The Morgan fingerprint density at radius 1 is 1.53 bits per heavy atom. The summed E-state index contributed by atoms with van der Waals surface area (Å²) in [5.41, 5.74) is -3.02. The van der Waals surface area contributed by atoms with Crippen LogP contribution in [0.4, 0.5) is 13.2 Å². The second kappa shape index (κ2) is 3.66. The SMILES string of the molecule is CCN1N=C(C(C)(O)C(F)(F)F)CC1C. The van der Waals surface area contributed by atoms with Crippen molar-refractivity contribution in [3.63, 3.8) is 0 Å². The molecule has 1 aliphatic heterocycles. The zero-order chi connectivity index (χ0) is 11.9. The molecule has 0 saturated heterocycles. The van der Waals surface area contributed by atoms with Crippen LogP contribution in [-0.2, 0) is 0 Å². The highest BCUT2D eigenvalue weighted by Crippen LogP contribution is 2.35. The Morgan fingerprint density at radius 2 is 2.07 bits per heavy atom. The van der Waals surface area contributed by atoms with Gasteiger partial charge in [-0.05, 0) is 20.8 Å². The van der Waals surface area contributed by atoms with E-state index in [9.17, 15) is 18.3 Å². The van der Waals surface area contributed by atoms with Crippen LogP contribution >= 0.6 is 0 Å². The van der Waals surface area contributed by atoms with E-state index in [2.05, 4.69) is 5.10 Å². The van der Waals surface area contributed by atoms with Crippen molar-refractivity contribution in [3.8, 4) is 0 Å². The van der Waals surface area contributed by atoms with E-state index >= 15 is 0 Å². The number of rotatable bonds is 2. The van der Waals surface area contributed by atoms with Crippen LogP contribution in [0.3, 0.4) is 0 Å². The number of alkyl halides is 3. The lowest BCUT2D eigenvalue weighted by molar-refractivity contribution is -0.224. The van der Waals surface area contributed by atoms with Gasteiger partial charge in [0.1, 0.15) is 0 Å². The number of halogens is 3. The van der Waals surface area contributed by atoms with E-state index in [0.29, 0.717) is 6.54 Å². The van der Waals surface area contributed by atoms with Crippen molar-refractivity contribution in [2.45, 2.75) is 45.0 Å². The quantitative estimate of drug-likeness (QED) is 0.776. The highest BCUT2D eigenvalue weighted by molar-refractivity contribution is 5.94. The molecule has 0 saturated carbocycles. The van der Waals surface area contributed by atoms with E-state index in [-0.39, 0.29) is 18.2 Å². The van der Waals surface area contributed by atoms with Gasteiger partial charge in [-0.15, -0.1) is 0 Å². The van der Waals surface area contributed by atoms with Crippen LogP contribution in [0.15, 0.2) is 5.10 Å². The summed E-state index contributed by atoms with van der Waals surface area (Å²) < 4.78 is 37.5. The molecule has 2 unspecified atom stereocenters. The van der Waals surface area contributed by atoms with Crippen LogP contribution in [0.5, 0.6) is 0 Å². The molecule has 1 rings (SSSR count). The van der Waals surface area contributed by atoms with Crippen molar-refractivity contribution in [1.82, 2.24) is 5.01 Å². The van der Waals surface area contributed by atoms with Gasteiger partial charge >= 0.3 is 6.18 Å². The molecular formula is C9H15F3N2O. The molecule has 88 valence electrons. The molecule has 6 heteroatoms. The minimum atomic E-state index is -4.67. The van der Waals surface area contributed by atoms with Gasteiger partial charge < -0.3 is 5.11 Å². The van der Waals surface area contributed by atoms with Crippen LogP contribution < -0.4 is 0 Å². The summed E-state index contributed by atoms with van der Waals surface area (Å²) in [6.07, 6.45) is -4.52. The number of hydrogen-bond acceptors (Lipinski definition) is 3. The molecule has 0 fully saturated rings. The van der Waals surface area contributed by atoms with Gasteiger partial charge in [-0.3, -0.25) is 5.01 Å². The molecule has 0 aromatic rings. The van der Waals surface area contributed by atoms with E-state index in [1.54, 1.807) is 11.9 Å². The van der Waals surface area contributed by atoms with Crippen molar-refractivity contribution in [2.24, 2.45) is 5.10 Å². The van der Waals surface area contributed by atoms with Crippen LogP contribution in [0.1, 0.15) is 27.2 Å². The second-order valence-corrected chi connectivity index (χ2v) is 3.93. The Kier molecular flexibility index (Phi) is 3.00. The standard InChI is InChI=1S/C9H15F3N2O/c1-4-14-6(2)5-7(13-14)8(3,15)9(10,11)12/h6,15H,4-5H2,1-3H3. The van der Waals surface area contributed by atoms with Gasteiger partial charge in [-0.25, -0.2) is 0 Å². The fraction of sp³-hybridized carbons (Fsp3) is 0.889. The van der Waals surface area contributed by atoms with Crippen LogP contribution in [0.25, 0.3) is 0 Å². The zero-order valence-electron chi connectivity index (χ0n) is 8.97. The monoisotopic (exact) mass is 224 g/mol. The topological polar surface area (TPSA) is 35.8 Å². The summed E-state index contributed by atoms with van der Waals surface area (Å²) in [5, 5.41) is 14.8. The maximum absolute atomic E-state index is 12.5. The van der Waals surface area contributed by atoms with Crippen molar-refractivity contribution >= 4 is 5.71 Å². The predicted octanol–water partition coefficient (Wildman–Crippen LogP) is 1.77. The number of aliphatic hydroxyl groups is 1. The first-order chi connectivity index (χ1) is 6.70. The Balaban J connectivity index is 2.91. The molecular weight excluding hydrogens is 209 g/mol. The number of hydrogen-bond donors (Lipinski definition) is 1. The van der Waals surface area contributed by atoms with Gasteiger partial charge in [0.05, 0.1) is 5.71 Å². The Labute approximate surface area is 86.6 Å². The smallest absolute Gasteiger partial charge is 0.376 e. The molecule has 1 N–H and O–H groups in total. The minimum Gasteiger partial charge on any atom is -0.376 e. The van der Waals surface area contributed by atoms with Gasteiger partial charge in [0, 0.05) is 19.0 Å². The molecule has 1 heterocycles. The molecule has 15 heavy (non-hydrogen) atoms. The third-order valence-electron chi connectivity index (χ3n) is 2.68. The number of hydrazone groups is 1. The van der Waals surface area contributed by atoms with E-state index in [1.807, 2.05) is 6.92 Å². The third-order valence-corrected chi connectivity index (χ3v) is 2.68. The molecule has 3 nitrogen and oxygen atoms in total. The molecule has 0 aromatic heterocycles. The van der Waals surface area contributed by atoms with Crippen molar-refractivity contribution in [1.29, 1.82) is 0 Å². The maximum Gasteiger partial charge on any atom is 0.422 e. The Hall–Kier alpha value is -0.780. The molecule has 0 aromatic carbocycles. The summed E-state index contributed by atoms with van der Waals surface area (Å²) in [6, 6.07) is -0.0844. The predicted molar refractivity (Wildman–Crippen MR) is 50.6 cm³/mol. The van der Waals surface area contributed by atoms with Gasteiger partial charge in [-0.2, -0.15) is 18.3 Å². The largest absolute Gasteiger partial charge is 0.422 e. The highest BCUT2D eigenvalue weighted by Gasteiger charge is 2.55. The summed E-state index contributed by atoms with van der Waals surface area (Å²) in [6.45, 7) is 4.88. The third kappa shape index (κ3) is 2.09. The van der Waals surface area contributed by atoms with Gasteiger partial charge in [0.15, 0.2) is 5.60 Å². The zero-order valence-corrected chi connectivity index (χ0v) is 8.97. The van der Waals surface area contributed by atoms with Gasteiger partial charge in [0.25, 0.3) is 0 Å². The van der Waals surface area contributed by atoms with E-state index < -0.39 is 11.8 Å². The van der Waals surface area contributed by atoms with Gasteiger partial charge in [-0.1, -0.05) is 0 Å². The Morgan fingerprint density at radius 3 is 2.40 bits per heavy atom. The molecule has 0 radical (unpaired) electrons. The maximum atomic E-state index is 12.5. The van der Waals surface area contributed by atoms with E-state index in [4.69, 9.17) is 0 Å². The molecule has 0 aliphatic carbocycles. The van der Waals surface area contributed by atoms with Crippen LogP contribution in [0, 0.1) is 0 Å². The first-order valence-corrected chi connectivity index (χ1v) is 4.83. The van der Waals surface area contributed by atoms with E-state index in [0.717, 1.165) is 6.92 Å². The summed E-state index contributed by atoms with van der Waals surface area (Å²) in [7, 11) is 0. The fourth-order valence-electron chi connectivity index (χ4n) is 1.52. The first kappa shape index (κ1) is 12.3. The normalized spacial score (nSPS) is 26.5. The van der Waals surface area contributed by atoms with E-state index in [1.165, 1.54) is 0 Å². The molecule has 1 aliphatic rings. The van der Waals surface area contributed by atoms with Crippen molar-refractivity contribution < 1.29 is 18.3 Å². The summed E-state index contributed by atoms with van der Waals surface area (Å²) >= 11 is 0. The molecule has 0 bridgehead atoms. The average molecular weight is 224 g/mol. The van der Waals surface area contributed by atoms with Crippen LogP contribution in [-0.4, -0.2) is 40.2 Å². The fourth-order valence-corrected chi connectivity index (χ4v) is 1.52. The van der Waals surface area contributed by atoms with Gasteiger partial charge in [0.2, 0.25) is 0 Å². The lowest BCUT2D eigenvalue weighted by Gasteiger charge is -2.25. The Bertz CT molecular complexity index is 273. The van der Waals surface area contributed by atoms with Crippen LogP contribution in [0.2, 0.25) is 0 Å². The number of nitrogens with zero attached hydrogens (tertiary/aromatic N) is 2. The highest BCUT2D eigenvalue weighted by atomic mass is 19.4. The lowest BCUT2D eigenvalue weighted by atomic mass is 9.95. The first-order valence-electron chi connectivity index (χ1n) is 4.83. The average Bonchev–Trinajstić information content (AvgIpc) is 2.45. The minimum absolute atomic E-state index is 0.0844. The summed E-state index contributed by atoms with van der Waals surface area (Å²) in [4.78, 5) is 0. The molecule has 2 atom stereocenters. The second-order valence-electron chi connectivity index (χ2n) is 3.93. The van der Waals surface area contributed by atoms with Crippen molar-refractivity contribution in [3.05, 3.63) is 0 Å². The summed E-state index contributed by atoms with van der Waals surface area (Å²) in [5.74, 6) is 0. The molecule has 0 spiro atoms.